The summed E-state index contributed by atoms with van der Waals surface area (Å²) >= 11 is 0. The molecular weight excluding hydrogens is 296 g/mol. The highest BCUT2D eigenvalue weighted by atomic mass is 17.1. The Bertz CT molecular complexity index is 279. The number of hydrogen-bond donors (Lipinski definition) is 3. The zero-order valence-corrected chi connectivity index (χ0v) is 14.8. The summed E-state index contributed by atoms with van der Waals surface area (Å²) in [5.41, 5.74) is 0. The quantitative estimate of drug-likeness (QED) is 0.167. The molecule has 138 valence electrons. The van der Waals surface area contributed by atoms with Crippen molar-refractivity contribution in [2.45, 2.75) is 109 Å². The Morgan fingerprint density at radius 2 is 1.09 bits per heavy atom. The summed E-state index contributed by atoms with van der Waals surface area (Å²) in [5.74, 6) is -3.97. The van der Waals surface area contributed by atoms with Crippen LogP contribution in [-0.2, 0) is 9.68 Å². The minimum atomic E-state index is -2.56. The molecule has 3 N–H and O–H groups in total. The van der Waals surface area contributed by atoms with E-state index in [9.17, 15) is 15.0 Å². The van der Waals surface area contributed by atoms with Crippen LogP contribution in [0.2, 0.25) is 0 Å². The Morgan fingerprint density at radius 1 is 0.739 bits per heavy atom. The van der Waals surface area contributed by atoms with Crippen molar-refractivity contribution in [3.8, 4) is 0 Å². The fraction of sp³-hybridized carbons (Fsp3) is 0.944. The molecule has 0 saturated heterocycles. The van der Waals surface area contributed by atoms with Crippen molar-refractivity contribution in [3.05, 3.63) is 0 Å². The smallest absolute Gasteiger partial charge is 0.357 e. The molecule has 5 heteroatoms. The van der Waals surface area contributed by atoms with Crippen molar-refractivity contribution in [1.82, 2.24) is 0 Å². The lowest BCUT2D eigenvalue weighted by molar-refractivity contribution is -0.278. The number of rotatable bonds is 16. The third-order valence-corrected chi connectivity index (χ3v) is 4.29. The number of hydrogen-bond acceptors (Lipinski definition) is 5. The maximum absolute atomic E-state index is 10.8. The van der Waals surface area contributed by atoms with E-state index in [-0.39, 0.29) is 6.42 Å². The Kier molecular flexibility index (Phi) is 14.5. The molecule has 0 aromatic heterocycles. The summed E-state index contributed by atoms with van der Waals surface area (Å²) in [4.78, 5) is 14.2. The van der Waals surface area contributed by atoms with Gasteiger partial charge in [-0.05, 0) is 6.42 Å². The highest BCUT2D eigenvalue weighted by molar-refractivity contribution is 5.76. The maximum atomic E-state index is 10.8. The van der Waals surface area contributed by atoms with E-state index in [2.05, 4.69) is 11.8 Å². The van der Waals surface area contributed by atoms with Gasteiger partial charge in [0.25, 0.3) is 5.79 Å². The van der Waals surface area contributed by atoms with Crippen LogP contribution < -0.4 is 0 Å². The van der Waals surface area contributed by atoms with E-state index in [0.717, 1.165) is 19.3 Å². The van der Waals surface area contributed by atoms with E-state index in [0.29, 0.717) is 6.42 Å². The molecule has 0 fully saturated rings. The largest absolute Gasteiger partial charge is 0.400 e. The molecule has 23 heavy (non-hydrogen) atoms. The summed E-state index contributed by atoms with van der Waals surface area (Å²) in [6.07, 6.45) is 16.8. The number of carbonyl (C=O) groups excluding carboxylic acids is 1. The zero-order chi connectivity index (χ0) is 17.4. The average molecular weight is 332 g/mol. The Hall–Kier alpha value is -0.650. The molecule has 0 spiro atoms. The van der Waals surface area contributed by atoms with Crippen LogP contribution in [0.4, 0.5) is 0 Å². The summed E-state index contributed by atoms with van der Waals surface area (Å²) in [6.45, 7) is 2.24. The van der Waals surface area contributed by atoms with Gasteiger partial charge in [-0.25, -0.2) is 4.79 Å². The second kappa shape index (κ2) is 14.9. The van der Waals surface area contributed by atoms with Gasteiger partial charge in [-0.2, -0.15) is 5.26 Å². The Balaban J connectivity index is 3.24. The molecule has 0 aliphatic heterocycles. The maximum Gasteiger partial charge on any atom is 0.400 e. The van der Waals surface area contributed by atoms with Gasteiger partial charge in [0.1, 0.15) is 0 Å². The summed E-state index contributed by atoms with van der Waals surface area (Å²) in [7, 11) is 0. The van der Waals surface area contributed by atoms with E-state index < -0.39 is 11.8 Å². The Morgan fingerprint density at radius 3 is 1.43 bits per heavy atom. The van der Waals surface area contributed by atoms with Gasteiger partial charge in [0, 0.05) is 6.42 Å². The zero-order valence-electron chi connectivity index (χ0n) is 14.8. The van der Waals surface area contributed by atoms with Crippen molar-refractivity contribution in [2.24, 2.45) is 0 Å². The SMILES string of the molecule is CCCCCCCCCCCCCCCCC(O)(O)C(=O)OO. The molecule has 0 amide bonds. The minimum Gasteiger partial charge on any atom is -0.357 e. The normalized spacial score (nSPS) is 11.7. The predicted octanol–water partition coefficient (Wildman–Crippen LogP) is 4.55. The van der Waals surface area contributed by atoms with Gasteiger partial charge in [-0.3, -0.25) is 4.89 Å². The molecule has 0 aromatic carbocycles. The van der Waals surface area contributed by atoms with Gasteiger partial charge in [0.05, 0.1) is 0 Å². The van der Waals surface area contributed by atoms with Crippen LogP contribution >= 0.6 is 0 Å². The highest BCUT2D eigenvalue weighted by Crippen LogP contribution is 2.16. The van der Waals surface area contributed by atoms with Gasteiger partial charge >= 0.3 is 5.97 Å². The van der Waals surface area contributed by atoms with Crippen molar-refractivity contribution in [1.29, 1.82) is 0 Å². The average Bonchev–Trinajstić information content (AvgIpc) is 2.54. The van der Waals surface area contributed by atoms with Gasteiger partial charge in [0.2, 0.25) is 0 Å². The lowest BCUT2D eigenvalue weighted by Gasteiger charge is -2.16. The monoisotopic (exact) mass is 332 g/mol. The molecule has 0 aliphatic rings. The second-order valence-corrected chi connectivity index (χ2v) is 6.54. The van der Waals surface area contributed by atoms with Crippen LogP contribution in [-0.4, -0.2) is 27.2 Å². The van der Waals surface area contributed by atoms with Gasteiger partial charge in [-0.1, -0.05) is 90.4 Å². The van der Waals surface area contributed by atoms with Crippen molar-refractivity contribution >= 4 is 5.97 Å². The lowest BCUT2D eigenvalue weighted by atomic mass is 10.0. The van der Waals surface area contributed by atoms with Crippen molar-refractivity contribution in [2.75, 3.05) is 0 Å². The summed E-state index contributed by atoms with van der Waals surface area (Å²) in [6, 6.07) is 0. The first-order valence-electron chi connectivity index (χ1n) is 9.35. The first-order valence-corrected chi connectivity index (χ1v) is 9.35. The summed E-state index contributed by atoms with van der Waals surface area (Å²) in [5, 5.41) is 26.7. The third-order valence-electron chi connectivity index (χ3n) is 4.29. The van der Waals surface area contributed by atoms with E-state index in [1.807, 2.05) is 0 Å². The van der Waals surface area contributed by atoms with Crippen LogP contribution in [0, 0.1) is 0 Å². The molecule has 0 atom stereocenters. The van der Waals surface area contributed by atoms with Gasteiger partial charge in [0.15, 0.2) is 0 Å². The molecule has 0 saturated carbocycles. The molecule has 0 bridgehead atoms. The molecule has 5 nitrogen and oxygen atoms in total. The topological polar surface area (TPSA) is 87.0 Å². The molecule has 0 unspecified atom stereocenters. The van der Waals surface area contributed by atoms with Gasteiger partial charge < -0.3 is 10.2 Å². The Labute approximate surface area is 141 Å². The van der Waals surface area contributed by atoms with Crippen LogP contribution in [0.15, 0.2) is 0 Å². The van der Waals surface area contributed by atoms with Gasteiger partial charge in [-0.15, -0.1) is 0 Å². The molecule has 0 aliphatic carbocycles. The minimum absolute atomic E-state index is 0.107. The van der Waals surface area contributed by atoms with Crippen LogP contribution in [0.25, 0.3) is 0 Å². The number of carbonyl (C=O) groups is 1. The molecule has 0 heterocycles. The summed E-state index contributed by atoms with van der Waals surface area (Å²) < 4.78 is 0. The van der Waals surface area contributed by atoms with E-state index in [4.69, 9.17) is 5.26 Å². The standard InChI is InChI=1S/C18H36O5/c1-2-3-4-5-6-7-8-9-10-11-12-13-14-15-16-18(20,21)17(19)23-22/h20-22H,2-16H2,1H3. The molecule has 0 aromatic rings. The molecular formula is C18H36O5. The predicted molar refractivity (Wildman–Crippen MR) is 90.8 cm³/mol. The van der Waals surface area contributed by atoms with E-state index >= 15 is 0 Å². The molecule has 0 rings (SSSR count). The number of aliphatic hydroxyl groups is 2. The van der Waals surface area contributed by atoms with Crippen LogP contribution in [0.1, 0.15) is 103 Å². The third kappa shape index (κ3) is 13.5. The first kappa shape index (κ1) is 22.4. The van der Waals surface area contributed by atoms with Crippen LogP contribution in [0.3, 0.4) is 0 Å². The van der Waals surface area contributed by atoms with Crippen molar-refractivity contribution in [3.63, 3.8) is 0 Å². The first-order chi connectivity index (χ1) is 11.0. The van der Waals surface area contributed by atoms with Crippen molar-refractivity contribution < 1.29 is 25.2 Å². The van der Waals surface area contributed by atoms with Crippen LogP contribution in [0.5, 0.6) is 0 Å². The highest BCUT2D eigenvalue weighted by Gasteiger charge is 2.34. The van der Waals surface area contributed by atoms with E-state index in [1.54, 1.807) is 0 Å². The fourth-order valence-electron chi connectivity index (χ4n) is 2.74. The van der Waals surface area contributed by atoms with E-state index in [1.165, 1.54) is 64.2 Å². The lowest BCUT2D eigenvalue weighted by Crippen LogP contribution is -2.39. The fourth-order valence-corrected chi connectivity index (χ4v) is 2.74. The second-order valence-electron chi connectivity index (χ2n) is 6.54. The number of unbranched alkanes of at least 4 members (excludes halogenated alkanes) is 13. The molecule has 0 radical (unpaired) electrons.